The first kappa shape index (κ1) is 17.8. The SMILES string of the molecule is CC(Cc1cccc(C(F)(F)F)c1)C(=O)NC1CCCNC1C. The molecule has 6 heteroatoms. The number of rotatable bonds is 4. The highest BCUT2D eigenvalue weighted by molar-refractivity contribution is 5.79. The van der Waals surface area contributed by atoms with Gasteiger partial charge in [0, 0.05) is 18.0 Å². The Morgan fingerprint density at radius 1 is 1.43 bits per heavy atom. The molecule has 3 unspecified atom stereocenters. The van der Waals surface area contributed by atoms with E-state index in [1.54, 1.807) is 13.0 Å². The molecule has 1 aliphatic rings. The smallest absolute Gasteiger partial charge is 0.352 e. The summed E-state index contributed by atoms with van der Waals surface area (Å²) in [4.78, 5) is 12.3. The number of amides is 1. The molecule has 0 aromatic heterocycles. The molecule has 1 amide bonds. The number of carbonyl (C=O) groups excluding carboxylic acids is 1. The molecule has 1 fully saturated rings. The van der Waals surface area contributed by atoms with Gasteiger partial charge in [-0.2, -0.15) is 13.2 Å². The summed E-state index contributed by atoms with van der Waals surface area (Å²) in [5.74, 6) is -0.476. The average molecular weight is 328 g/mol. The van der Waals surface area contributed by atoms with Crippen LogP contribution < -0.4 is 10.6 Å². The first-order chi connectivity index (χ1) is 10.8. The lowest BCUT2D eigenvalue weighted by Crippen LogP contribution is -2.53. The van der Waals surface area contributed by atoms with Gasteiger partial charge in [0.25, 0.3) is 0 Å². The van der Waals surface area contributed by atoms with Crippen LogP contribution in [0.1, 0.15) is 37.8 Å². The van der Waals surface area contributed by atoms with Gasteiger partial charge in [-0.25, -0.2) is 0 Å². The van der Waals surface area contributed by atoms with E-state index < -0.39 is 11.7 Å². The van der Waals surface area contributed by atoms with Gasteiger partial charge in [0.1, 0.15) is 0 Å². The number of hydrogen-bond donors (Lipinski definition) is 2. The van der Waals surface area contributed by atoms with Crippen LogP contribution in [0.3, 0.4) is 0 Å². The molecule has 128 valence electrons. The van der Waals surface area contributed by atoms with Gasteiger partial charge in [-0.1, -0.05) is 25.1 Å². The second-order valence-electron chi connectivity index (χ2n) is 6.30. The molecule has 1 saturated heterocycles. The summed E-state index contributed by atoms with van der Waals surface area (Å²) >= 11 is 0. The van der Waals surface area contributed by atoms with Gasteiger partial charge in [0.15, 0.2) is 0 Å². The van der Waals surface area contributed by atoms with Crippen molar-refractivity contribution in [3.8, 4) is 0 Å². The summed E-state index contributed by atoms with van der Waals surface area (Å²) in [6.45, 7) is 4.73. The van der Waals surface area contributed by atoms with Crippen molar-refractivity contribution in [3.05, 3.63) is 35.4 Å². The standard InChI is InChI=1S/C17H23F3N2O/c1-11(16(23)22-15-7-4-8-21-12(15)2)9-13-5-3-6-14(10-13)17(18,19)20/h3,5-6,10-12,15,21H,4,7-9H2,1-2H3,(H,22,23). The fraction of sp³-hybridized carbons (Fsp3) is 0.588. The van der Waals surface area contributed by atoms with Crippen molar-refractivity contribution in [2.75, 3.05) is 6.54 Å². The number of alkyl halides is 3. The van der Waals surface area contributed by atoms with Crippen molar-refractivity contribution in [1.29, 1.82) is 0 Å². The Balaban J connectivity index is 1.95. The van der Waals surface area contributed by atoms with Crippen molar-refractivity contribution in [2.24, 2.45) is 5.92 Å². The van der Waals surface area contributed by atoms with Crippen molar-refractivity contribution in [2.45, 2.75) is 51.4 Å². The van der Waals surface area contributed by atoms with Crippen LogP contribution in [0, 0.1) is 5.92 Å². The quantitative estimate of drug-likeness (QED) is 0.891. The van der Waals surface area contributed by atoms with Gasteiger partial charge in [-0.05, 0) is 44.4 Å². The van der Waals surface area contributed by atoms with E-state index >= 15 is 0 Å². The number of piperidine rings is 1. The lowest BCUT2D eigenvalue weighted by atomic mass is 9.96. The van der Waals surface area contributed by atoms with Crippen molar-refractivity contribution in [1.82, 2.24) is 10.6 Å². The zero-order valence-electron chi connectivity index (χ0n) is 13.4. The van der Waals surface area contributed by atoms with E-state index in [4.69, 9.17) is 0 Å². The highest BCUT2D eigenvalue weighted by Crippen LogP contribution is 2.30. The third-order valence-electron chi connectivity index (χ3n) is 4.33. The number of carbonyl (C=O) groups is 1. The van der Waals surface area contributed by atoms with Gasteiger partial charge >= 0.3 is 6.18 Å². The maximum absolute atomic E-state index is 12.7. The molecule has 0 radical (unpaired) electrons. The fourth-order valence-electron chi connectivity index (χ4n) is 2.89. The molecule has 2 rings (SSSR count). The zero-order valence-corrected chi connectivity index (χ0v) is 13.4. The van der Waals surface area contributed by atoms with Gasteiger partial charge in [-0.15, -0.1) is 0 Å². The highest BCUT2D eigenvalue weighted by Gasteiger charge is 2.30. The zero-order chi connectivity index (χ0) is 17.0. The Morgan fingerprint density at radius 2 is 2.17 bits per heavy atom. The molecule has 0 aliphatic carbocycles. The van der Waals surface area contributed by atoms with Gasteiger partial charge in [0.05, 0.1) is 5.56 Å². The second-order valence-corrected chi connectivity index (χ2v) is 6.30. The Morgan fingerprint density at radius 3 is 2.83 bits per heavy atom. The Hall–Kier alpha value is -1.56. The molecule has 3 atom stereocenters. The summed E-state index contributed by atoms with van der Waals surface area (Å²) in [7, 11) is 0. The molecule has 3 nitrogen and oxygen atoms in total. The number of nitrogens with one attached hydrogen (secondary N) is 2. The Kier molecular flexibility index (Phi) is 5.68. The number of hydrogen-bond acceptors (Lipinski definition) is 2. The van der Waals surface area contributed by atoms with Crippen LogP contribution in [0.25, 0.3) is 0 Å². The largest absolute Gasteiger partial charge is 0.416 e. The molecule has 2 N–H and O–H groups in total. The van der Waals surface area contributed by atoms with Crippen LogP contribution in [-0.2, 0) is 17.4 Å². The summed E-state index contributed by atoms with van der Waals surface area (Å²) in [5, 5.41) is 6.32. The molecule has 0 saturated carbocycles. The molecule has 1 heterocycles. The summed E-state index contributed by atoms with van der Waals surface area (Å²) in [6.07, 6.45) is -2.12. The van der Waals surface area contributed by atoms with E-state index in [-0.39, 0.29) is 23.9 Å². The average Bonchev–Trinajstić information content (AvgIpc) is 2.49. The van der Waals surface area contributed by atoms with Crippen LogP contribution in [0.2, 0.25) is 0 Å². The number of benzene rings is 1. The Labute approximate surface area is 134 Å². The van der Waals surface area contributed by atoms with Crippen molar-refractivity contribution in [3.63, 3.8) is 0 Å². The molecule has 1 aromatic carbocycles. The van der Waals surface area contributed by atoms with Gasteiger partial charge in [-0.3, -0.25) is 4.79 Å². The summed E-state index contributed by atoms with van der Waals surface area (Å²) in [5.41, 5.74) is -0.148. The first-order valence-corrected chi connectivity index (χ1v) is 7.97. The lowest BCUT2D eigenvalue weighted by molar-refractivity contribution is -0.137. The van der Waals surface area contributed by atoms with E-state index in [1.807, 2.05) is 6.92 Å². The van der Waals surface area contributed by atoms with E-state index in [0.717, 1.165) is 31.5 Å². The summed E-state index contributed by atoms with van der Waals surface area (Å²) < 4.78 is 38.2. The van der Waals surface area contributed by atoms with Crippen LogP contribution in [0.5, 0.6) is 0 Å². The molecule has 0 bridgehead atoms. The van der Waals surface area contributed by atoms with E-state index in [9.17, 15) is 18.0 Å². The van der Waals surface area contributed by atoms with Crippen molar-refractivity contribution < 1.29 is 18.0 Å². The van der Waals surface area contributed by atoms with Gasteiger partial charge in [0.2, 0.25) is 5.91 Å². The normalized spacial score (nSPS) is 23.3. The van der Waals surface area contributed by atoms with Crippen LogP contribution in [-0.4, -0.2) is 24.5 Å². The maximum atomic E-state index is 12.7. The van der Waals surface area contributed by atoms with Crippen LogP contribution in [0.15, 0.2) is 24.3 Å². The maximum Gasteiger partial charge on any atom is 0.416 e. The predicted molar refractivity (Wildman–Crippen MR) is 82.9 cm³/mol. The predicted octanol–water partition coefficient (Wildman–Crippen LogP) is 3.14. The second kappa shape index (κ2) is 7.34. The van der Waals surface area contributed by atoms with E-state index in [0.29, 0.717) is 12.0 Å². The highest BCUT2D eigenvalue weighted by atomic mass is 19.4. The van der Waals surface area contributed by atoms with Gasteiger partial charge < -0.3 is 10.6 Å². The molecule has 23 heavy (non-hydrogen) atoms. The summed E-state index contributed by atoms with van der Waals surface area (Å²) in [6, 6.07) is 5.48. The van der Waals surface area contributed by atoms with Crippen LogP contribution in [0.4, 0.5) is 13.2 Å². The third-order valence-corrected chi connectivity index (χ3v) is 4.33. The molecule has 1 aliphatic heterocycles. The minimum atomic E-state index is -4.36. The molecule has 0 spiro atoms. The fourth-order valence-corrected chi connectivity index (χ4v) is 2.89. The molecular formula is C17H23F3N2O. The minimum absolute atomic E-state index is 0.0835. The van der Waals surface area contributed by atoms with Crippen LogP contribution >= 0.6 is 0 Å². The Bertz CT molecular complexity index is 545. The van der Waals surface area contributed by atoms with E-state index in [2.05, 4.69) is 10.6 Å². The monoisotopic (exact) mass is 328 g/mol. The van der Waals surface area contributed by atoms with E-state index in [1.165, 1.54) is 6.07 Å². The lowest BCUT2D eigenvalue weighted by Gasteiger charge is -2.31. The third kappa shape index (κ3) is 4.96. The molecular weight excluding hydrogens is 305 g/mol. The molecule has 1 aromatic rings. The van der Waals surface area contributed by atoms with Crippen molar-refractivity contribution >= 4 is 5.91 Å². The first-order valence-electron chi connectivity index (χ1n) is 7.97. The topological polar surface area (TPSA) is 41.1 Å². The minimum Gasteiger partial charge on any atom is -0.352 e. The number of halogens is 3.